The second-order valence-corrected chi connectivity index (χ2v) is 9.92. The molecular formula is C24H50. The Bertz CT molecular complexity index is 303. The van der Waals surface area contributed by atoms with Gasteiger partial charge in [-0.25, -0.2) is 0 Å². The average Bonchev–Trinajstić information content (AvgIpc) is 2.47. The normalized spacial score (nSPS) is 18.9. The summed E-state index contributed by atoms with van der Waals surface area (Å²) in [5.41, 5.74) is 0.964. The van der Waals surface area contributed by atoms with E-state index in [2.05, 4.69) is 62.3 Å². The molecule has 0 heteroatoms. The monoisotopic (exact) mass is 338 g/mol. The first-order valence-electron chi connectivity index (χ1n) is 11.2. The van der Waals surface area contributed by atoms with Crippen molar-refractivity contribution in [2.45, 2.75) is 127 Å². The zero-order valence-electron chi connectivity index (χ0n) is 18.8. The lowest BCUT2D eigenvalue weighted by Crippen LogP contribution is -2.35. The first-order chi connectivity index (χ1) is 11.2. The van der Waals surface area contributed by atoms with Crippen LogP contribution in [0.5, 0.6) is 0 Å². The summed E-state index contributed by atoms with van der Waals surface area (Å²) >= 11 is 0. The standard InChI is InChI=1S/C24H50/c1-10-14-15-17-20(5)18-24(9,13-4)19-23(7,8)22(12-3)21(6)16-11-2/h20-22H,10-19H2,1-9H3. The molecule has 0 saturated carbocycles. The zero-order valence-corrected chi connectivity index (χ0v) is 18.8. The molecule has 0 nitrogen and oxygen atoms in total. The number of rotatable bonds is 14. The maximum absolute atomic E-state index is 2.57. The van der Waals surface area contributed by atoms with Crippen LogP contribution in [0.2, 0.25) is 0 Å². The highest BCUT2D eigenvalue weighted by Gasteiger charge is 2.38. The molecule has 0 spiro atoms. The fraction of sp³-hybridized carbons (Fsp3) is 1.00. The fourth-order valence-electron chi connectivity index (χ4n) is 5.64. The zero-order chi connectivity index (χ0) is 18.8. The van der Waals surface area contributed by atoms with Crippen molar-refractivity contribution >= 4 is 0 Å². The SMILES string of the molecule is CCCCCC(C)CC(C)(CC)CC(C)(C)C(CC)C(C)CCC. The van der Waals surface area contributed by atoms with Gasteiger partial charge in [-0.3, -0.25) is 0 Å². The Morgan fingerprint density at radius 3 is 1.88 bits per heavy atom. The van der Waals surface area contributed by atoms with Gasteiger partial charge in [-0.05, 0) is 41.4 Å². The van der Waals surface area contributed by atoms with Crippen molar-refractivity contribution < 1.29 is 0 Å². The van der Waals surface area contributed by atoms with E-state index >= 15 is 0 Å². The predicted molar refractivity (Wildman–Crippen MR) is 113 cm³/mol. The van der Waals surface area contributed by atoms with Gasteiger partial charge in [0.1, 0.15) is 0 Å². The predicted octanol–water partition coefficient (Wildman–Crippen LogP) is 8.89. The van der Waals surface area contributed by atoms with E-state index in [-0.39, 0.29) is 0 Å². The van der Waals surface area contributed by atoms with Crippen LogP contribution in [0.15, 0.2) is 0 Å². The Balaban J connectivity index is 4.89. The Morgan fingerprint density at radius 2 is 1.42 bits per heavy atom. The minimum Gasteiger partial charge on any atom is -0.0654 e. The average molecular weight is 339 g/mol. The lowest BCUT2D eigenvalue weighted by atomic mass is 9.60. The summed E-state index contributed by atoms with van der Waals surface area (Å²) in [5.74, 6) is 2.60. The molecule has 0 aliphatic heterocycles. The molecule has 0 radical (unpaired) electrons. The summed E-state index contributed by atoms with van der Waals surface area (Å²) in [6, 6.07) is 0. The van der Waals surface area contributed by atoms with E-state index in [1.807, 2.05) is 0 Å². The first-order valence-corrected chi connectivity index (χ1v) is 11.2. The molecule has 0 aliphatic carbocycles. The third-order valence-corrected chi connectivity index (χ3v) is 6.75. The van der Waals surface area contributed by atoms with Gasteiger partial charge in [0, 0.05) is 0 Å². The van der Waals surface area contributed by atoms with E-state index < -0.39 is 0 Å². The van der Waals surface area contributed by atoms with Gasteiger partial charge in [0.05, 0.1) is 0 Å². The van der Waals surface area contributed by atoms with Gasteiger partial charge < -0.3 is 0 Å². The minimum atomic E-state index is 0.456. The van der Waals surface area contributed by atoms with E-state index in [0.29, 0.717) is 10.8 Å². The van der Waals surface area contributed by atoms with Gasteiger partial charge in [0.25, 0.3) is 0 Å². The molecule has 4 unspecified atom stereocenters. The van der Waals surface area contributed by atoms with Crippen LogP contribution in [-0.2, 0) is 0 Å². The van der Waals surface area contributed by atoms with Gasteiger partial charge in [0.15, 0.2) is 0 Å². The molecule has 0 fully saturated rings. The van der Waals surface area contributed by atoms with Crippen molar-refractivity contribution in [2.75, 3.05) is 0 Å². The number of unbranched alkanes of at least 4 members (excludes halogenated alkanes) is 2. The summed E-state index contributed by atoms with van der Waals surface area (Å²) in [4.78, 5) is 0. The Hall–Kier alpha value is 0. The molecule has 0 N–H and O–H groups in total. The Kier molecular flexibility index (Phi) is 11.6. The second-order valence-electron chi connectivity index (χ2n) is 9.92. The van der Waals surface area contributed by atoms with Crippen LogP contribution in [0.4, 0.5) is 0 Å². The lowest BCUT2D eigenvalue weighted by Gasteiger charge is -2.45. The van der Waals surface area contributed by atoms with Crippen LogP contribution in [0.3, 0.4) is 0 Å². The molecule has 0 amide bonds. The number of hydrogen-bond donors (Lipinski definition) is 0. The maximum atomic E-state index is 2.57. The van der Waals surface area contributed by atoms with E-state index in [0.717, 1.165) is 17.8 Å². The third kappa shape index (κ3) is 8.39. The van der Waals surface area contributed by atoms with Crippen molar-refractivity contribution in [3.05, 3.63) is 0 Å². The van der Waals surface area contributed by atoms with E-state index in [9.17, 15) is 0 Å². The Morgan fingerprint density at radius 1 is 0.792 bits per heavy atom. The van der Waals surface area contributed by atoms with Crippen molar-refractivity contribution in [3.8, 4) is 0 Å². The molecule has 0 aromatic rings. The van der Waals surface area contributed by atoms with Gasteiger partial charge in [-0.15, -0.1) is 0 Å². The van der Waals surface area contributed by atoms with E-state index in [1.54, 1.807) is 0 Å². The van der Waals surface area contributed by atoms with Crippen LogP contribution in [0.25, 0.3) is 0 Å². The number of hydrogen-bond acceptors (Lipinski definition) is 0. The van der Waals surface area contributed by atoms with Gasteiger partial charge in [-0.1, -0.05) is 114 Å². The van der Waals surface area contributed by atoms with Crippen molar-refractivity contribution in [1.82, 2.24) is 0 Å². The van der Waals surface area contributed by atoms with Crippen LogP contribution >= 0.6 is 0 Å². The summed E-state index contributed by atoms with van der Waals surface area (Å²) in [5, 5.41) is 0. The van der Waals surface area contributed by atoms with Crippen LogP contribution in [0, 0.1) is 28.6 Å². The molecule has 0 aromatic carbocycles. The van der Waals surface area contributed by atoms with Crippen LogP contribution in [0.1, 0.15) is 127 Å². The topological polar surface area (TPSA) is 0 Å². The summed E-state index contributed by atoms with van der Waals surface area (Å²) < 4.78 is 0. The molecule has 146 valence electrons. The lowest BCUT2D eigenvalue weighted by molar-refractivity contribution is 0.0542. The maximum Gasteiger partial charge on any atom is -0.0318 e. The van der Waals surface area contributed by atoms with Crippen molar-refractivity contribution in [1.29, 1.82) is 0 Å². The van der Waals surface area contributed by atoms with Crippen molar-refractivity contribution in [3.63, 3.8) is 0 Å². The van der Waals surface area contributed by atoms with E-state index in [4.69, 9.17) is 0 Å². The first kappa shape index (κ1) is 24.0. The summed E-state index contributed by atoms with van der Waals surface area (Å²) in [6.07, 6.45) is 13.8. The summed E-state index contributed by atoms with van der Waals surface area (Å²) in [6.45, 7) is 22.2. The molecule has 0 rings (SSSR count). The minimum absolute atomic E-state index is 0.456. The third-order valence-electron chi connectivity index (χ3n) is 6.75. The Labute approximate surface area is 155 Å². The van der Waals surface area contributed by atoms with Gasteiger partial charge in [0.2, 0.25) is 0 Å². The molecule has 0 aliphatic rings. The van der Waals surface area contributed by atoms with Crippen molar-refractivity contribution in [2.24, 2.45) is 28.6 Å². The highest BCUT2D eigenvalue weighted by molar-refractivity contribution is 4.88. The smallest absolute Gasteiger partial charge is 0.0318 e. The highest BCUT2D eigenvalue weighted by Crippen LogP contribution is 2.48. The summed E-state index contributed by atoms with van der Waals surface area (Å²) in [7, 11) is 0. The molecule has 0 saturated heterocycles. The highest BCUT2D eigenvalue weighted by atomic mass is 14.4. The molecule has 24 heavy (non-hydrogen) atoms. The molecule has 0 bridgehead atoms. The second kappa shape index (κ2) is 11.6. The van der Waals surface area contributed by atoms with Crippen LogP contribution in [-0.4, -0.2) is 0 Å². The fourth-order valence-corrected chi connectivity index (χ4v) is 5.64. The van der Waals surface area contributed by atoms with Gasteiger partial charge in [-0.2, -0.15) is 0 Å². The van der Waals surface area contributed by atoms with Crippen LogP contribution < -0.4 is 0 Å². The van der Waals surface area contributed by atoms with E-state index in [1.165, 1.54) is 64.2 Å². The quantitative estimate of drug-likeness (QED) is 0.277. The molecule has 0 heterocycles. The molecule has 4 atom stereocenters. The van der Waals surface area contributed by atoms with Gasteiger partial charge >= 0.3 is 0 Å². The largest absolute Gasteiger partial charge is 0.0654 e. The molecular weight excluding hydrogens is 288 g/mol. The molecule has 0 aromatic heterocycles.